The van der Waals surface area contributed by atoms with E-state index in [1.54, 1.807) is 0 Å². The number of ether oxygens (including phenoxy) is 1. The van der Waals surface area contributed by atoms with Crippen molar-refractivity contribution >= 4 is 11.8 Å². The van der Waals surface area contributed by atoms with Crippen molar-refractivity contribution in [3.8, 4) is 0 Å². The van der Waals surface area contributed by atoms with E-state index in [0.717, 1.165) is 25.4 Å². The fourth-order valence-corrected chi connectivity index (χ4v) is 4.21. The number of hydrogen-bond donors (Lipinski definition) is 2. The summed E-state index contributed by atoms with van der Waals surface area (Å²) in [6.07, 6.45) is 1.12. The predicted octanol–water partition coefficient (Wildman–Crippen LogP) is 1.74. The van der Waals surface area contributed by atoms with Crippen molar-refractivity contribution in [2.24, 2.45) is 11.8 Å². The molecule has 17 heavy (non-hydrogen) atoms. The minimum atomic E-state index is 0.341. The van der Waals surface area contributed by atoms with Crippen molar-refractivity contribution in [1.29, 1.82) is 0 Å². The van der Waals surface area contributed by atoms with E-state index in [2.05, 4.69) is 29.7 Å². The van der Waals surface area contributed by atoms with Gasteiger partial charge in [0, 0.05) is 35.1 Å². The second-order valence-electron chi connectivity index (χ2n) is 4.77. The fourth-order valence-electron chi connectivity index (χ4n) is 2.90. The molecule has 2 heterocycles. The summed E-state index contributed by atoms with van der Waals surface area (Å²) in [5.41, 5.74) is 4.48. The minimum Gasteiger partial charge on any atom is -0.381 e. The highest BCUT2D eigenvalue weighted by molar-refractivity contribution is 7.99. The summed E-state index contributed by atoms with van der Waals surface area (Å²) in [4.78, 5) is 1.41. The quantitative estimate of drug-likeness (QED) is 0.634. The molecule has 2 aliphatic rings. The van der Waals surface area contributed by atoms with E-state index in [1.807, 2.05) is 11.8 Å². The second kappa shape index (κ2) is 4.98. The lowest BCUT2D eigenvalue weighted by molar-refractivity contribution is 0.173. The van der Waals surface area contributed by atoms with Crippen molar-refractivity contribution in [3.63, 3.8) is 0 Å². The Morgan fingerprint density at radius 2 is 2.29 bits per heavy atom. The lowest BCUT2D eigenvalue weighted by Gasteiger charge is -2.27. The molecule has 2 aliphatic heterocycles. The average Bonchev–Trinajstić information content (AvgIpc) is 3.01. The molecule has 3 unspecified atom stereocenters. The van der Waals surface area contributed by atoms with Crippen LogP contribution in [-0.4, -0.2) is 25.0 Å². The maximum absolute atomic E-state index is 5.77. The van der Waals surface area contributed by atoms with Gasteiger partial charge >= 0.3 is 0 Å². The normalized spacial score (nSPS) is 29.2. The molecule has 0 radical (unpaired) electrons. The van der Waals surface area contributed by atoms with Gasteiger partial charge in [0.05, 0.1) is 6.61 Å². The molecule has 0 spiro atoms. The summed E-state index contributed by atoms with van der Waals surface area (Å²) in [5, 5.41) is 0. The molecule has 1 fully saturated rings. The van der Waals surface area contributed by atoms with Crippen molar-refractivity contribution in [2.75, 3.05) is 19.0 Å². The van der Waals surface area contributed by atoms with Crippen LogP contribution in [0.2, 0.25) is 0 Å². The van der Waals surface area contributed by atoms with E-state index < -0.39 is 0 Å². The second-order valence-corrected chi connectivity index (χ2v) is 5.83. The molecule has 3 rings (SSSR count). The summed E-state index contributed by atoms with van der Waals surface area (Å²) in [6, 6.07) is 9.02. The Kier molecular flexibility index (Phi) is 3.38. The van der Waals surface area contributed by atoms with Gasteiger partial charge in [0.1, 0.15) is 0 Å². The number of hydrazine groups is 1. The van der Waals surface area contributed by atoms with E-state index in [1.165, 1.54) is 10.5 Å². The number of nitrogens with one attached hydrogen (secondary N) is 1. The Hall–Kier alpha value is -0.550. The van der Waals surface area contributed by atoms with Crippen LogP contribution in [0.3, 0.4) is 0 Å². The van der Waals surface area contributed by atoms with Gasteiger partial charge in [-0.3, -0.25) is 11.3 Å². The largest absolute Gasteiger partial charge is 0.381 e. The van der Waals surface area contributed by atoms with Crippen molar-refractivity contribution in [1.82, 2.24) is 5.43 Å². The minimum absolute atomic E-state index is 0.341. The molecule has 1 saturated heterocycles. The van der Waals surface area contributed by atoms with Crippen LogP contribution >= 0.6 is 11.8 Å². The molecule has 0 bridgehead atoms. The maximum Gasteiger partial charge on any atom is 0.0510 e. The van der Waals surface area contributed by atoms with E-state index in [9.17, 15) is 0 Å². The number of nitrogens with two attached hydrogens (primary N) is 1. The number of hydrogen-bond acceptors (Lipinski definition) is 4. The van der Waals surface area contributed by atoms with Gasteiger partial charge in [-0.05, 0) is 18.1 Å². The first-order chi connectivity index (χ1) is 8.40. The van der Waals surface area contributed by atoms with Crippen LogP contribution in [0.4, 0.5) is 0 Å². The summed E-state index contributed by atoms with van der Waals surface area (Å²) in [5.74, 6) is 7.98. The SMILES string of the molecule is NNC(C1CCOC1)C1CSc2ccccc21. The Morgan fingerprint density at radius 1 is 1.41 bits per heavy atom. The molecule has 4 heteroatoms. The van der Waals surface area contributed by atoms with Crippen LogP contribution in [0, 0.1) is 5.92 Å². The van der Waals surface area contributed by atoms with E-state index in [4.69, 9.17) is 10.6 Å². The monoisotopic (exact) mass is 250 g/mol. The van der Waals surface area contributed by atoms with Gasteiger partial charge in [-0.25, -0.2) is 0 Å². The maximum atomic E-state index is 5.77. The predicted molar refractivity (Wildman–Crippen MR) is 69.9 cm³/mol. The first-order valence-corrected chi connectivity index (χ1v) is 7.14. The molecule has 0 amide bonds. The van der Waals surface area contributed by atoms with Crippen molar-refractivity contribution < 1.29 is 4.74 Å². The van der Waals surface area contributed by atoms with Gasteiger partial charge in [0.2, 0.25) is 0 Å². The Labute approximate surface area is 106 Å². The van der Waals surface area contributed by atoms with Gasteiger partial charge < -0.3 is 4.74 Å². The highest BCUT2D eigenvalue weighted by atomic mass is 32.2. The zero-order valence-corrected chi connectivity index (χ0v) is 10.6. The van der Waals surface area contributed by atoms with Gasteiger partial charge in [-0.1, -0.05) is 18.2 Å². The smallest absolute Gasteiger partial charge is 0.0510 e. The summed E-state index contributed by atoms with van der Waals surface area (Å²) in [7, 11) is 0. The summed E-state index contributed by atoms with van der Waals surface area (Å²) < 4.78 is 5.49. The Bertz CT molecular complexity index is 393. The molecule has 0 saturated carbocycles. The van der Waals surface area contributed by atoms with Gasteiger partial charge in [-0.2, -0.15) is 0 Å². The van der Waals surface area contributed by atoms with Crippen LogP contribution in [-0.2, 0) is 4.74 Å². The van der Waals surface area contributed by atoms with Crippen molar-refractivity contribution in [3.05, 3.63) is 29.8 Å². The molecule has 1 aromatic carbocycles. The van der Waals surface area contributed by atoms with Gasteiger partial charge in [-0.15, -0.1) is 11.8 Å². The number of benzene rings is 1. The molecule has 3 nitrogen and oxygen atoms in total. The molecule has 92 valence electrons. The molecule has 3 atom stereocenters. The number of rotatable bonds is 3. The zero-order chi connectivity index (χ0) is 11.7. The standard InChI is InChI=1S/C13H18N2OS/c14-15-13(9-5-6-16-7-9)11-8-17-12-4-2-1-3-10(11)12/h1-4,9,11,13,15H,5-8,14H2. The Morgan fingerprint density at radius 3 is 3.06 bits per heavy atom. The molecular weight excluding hydrogens is 232 g/mol. The average molecular weight is 250 g/mol. The topological polar surface area (TPSA) is 47.3 Å². The molecule has 0 aromatic heterocycles. The third kappa shape index (κ3) is 2.10. The highest BCUT2D eigenvalue weighted by Crippen LogP contribution is 2.43. The molecule has 1 aromatic rings. The number of thioether (sulfide) groups is 1. The summed E-state index contributed by atoms with van der Waals surface area (Å²) in [6.45, 7) is 1.72. The summed E-state index contributed by atoms with van der Waals surface area (Å²) >= 11 is 1.94. The first kappa shape index (κ1) is 11.5. The first-order valence-electron chi connectivity index (χ1n) is 6.15. The lowest BCUT2D eigenvalue weighted by atomic mass is 9.85. The molecular formula is C13H18N2OS. The Balaban J connectivity index is 1.84. The third-order valence-corrected chi connectivity index (χ3v) is 5.04. The molecule has 3 N–H and O–H groups in total. The van der Waals surface area contributed by atoms with Crippen LogP contribution < -0.4 is 11.3 Å². The zero-order valence-electron chi connectivity index (χ0n) is 9.76. The van der Waals surface area contributed by atoms with Crippen LogP contribution in [0.5, 0.6) is 0 Å². The lowest BCUT2D eigenvalue weighted by Crippen LogP contribution is -2.45. The van der Waals surface area contributed by atoms with E-state index in [-0.39, 0.29) is 0 Å². The fraction of sp³-hybridized carbons (Fsp3) is 0.538. The van der Waals surface area contributed by atoms with Crippen LogP contribution in [0.1, 0.15) is 17.9 Å². The van der Waals surface area contributed by atoms with Crippen LogP contribution in [0.25, 0.3) is 0 Å². The van der Waals surface area contributed by atoms with Crippen molar-refractivity contribution in [2.45, 2.75) is 23.3 Å². The van der Waals surface area contributed by atoms with Gasteiger partial charge in [0.15, 0.2) is 0 Å². The highest BCUT2D eigenvalue weighted by Gasteiger charge is 2.36. The van der Waals surface area contributed by atoms with E-state index >= 15 is 0 Å². The molecule has 0 aliphatic carbocycles. The number of fused-ring (bicyclic) bond motifs is 1. The van der Waals surface area contributed by atoms with Crippen LogP contribution in [0.15, 0.2) is 29.2 Å². The third-order valence-electron chi connectivity index (χ3n) is 3.84. The van der Waals surface area contributed by atoms with E-state index in [0.29, 0.717) is 17.9 Å². The van der Waals surface area contributed by atoms with Gasteiger partial charge in [0.25, 0.3) is 0 Å².